The molecule has 0 amide bonds. The van der Waals surface area contributed by atoms with Crippen molar-refractivity contribution in [3.8, 4) is 0 Å². The van der Waals surface area contributed by atoms with E-state index in [2.05, 4.69) is 36.9 Å². The van der Waals surface area contributed by atoms with Crippen molar-refractivity contribution in [2.24, 2.45) is 0 Å². The third-order valence-electron chi connectivity index (χ3n) is 4.50. The molecule has 0 N–H and O–H groups in total. The molecule has 2 saturated heterocycles. The van der Waals surface area contributed by atoms with Crippen molar-refractivity contribution in [3.05, 3.63) is 34.9 Å². The third-order valence-corrected chi connectivity index (χ3v) is 4.50. The van der Waals surface area contributed by atoms with Gasteiger partial charge >= 0.3 is 0 Å². The minimum absolute atomic E-state index is 0.0135. The van der Waals surface area contributed by atoms with Gasteiger partial charge in [0.25, 0.3) is 0 Å². The lowest BCUT2D eigenvalue weighted by molar-refractivity contribution is -0.111. The van der Waals surface area contributed by atoms with Crippen LogP contribution < -0.4 is 0 Å². The fourth-order valence-electron chi connectivity index (χ4n) is 3.31. The molecule has 0 aliphatic carbocycles. The predicted octanol–water partition coefficient (Wildman–Crippen LogP) is 3.03. The predicted molar refractivity (Wildman–Crippen MR) is 79.7 cm³/mol. The molecule has 2 fully saturated rings. The Kier molecular flexibility index (Phi) is 4.39. The van der Waals surface area contributed by atoms with Crippen molar-refractivity contribution < 1.29 is 9.47 Å². The van der Waals surface area contributed by atoms with Gasteiger partial charge in [0.2, 0.25) is 0 Å². The number of nitrogens with zero attached hydrogens (tertiary/aromatic N) is 1. The largest absolute Gasteiger partial charge is 0.349 e. The highest BCUT2D eigenvalue weighted by Gasteiger charge is 2.33. The molecule has 0 aromatic heterocycles. The molecule has 20 heavy (non-hydrogen) atoms. The summed E-state index contributed by atoms with van der Waals surface area (Å²) < 4.78 is 11.5. The molecule has 1 aromatic rings. The maximum atomic E-state index is 5.75. The summed E-state index contributed by atoms with van der Waals surface area (Å²) in [6, 6.07) is 7.16. The van der Waals surface area contributed by atoms with Crippen LogP contribution in [0.25, 0.3) is 0 Å². The number of hydrogen-bond donors (Lipinski definition) is 0. The third kappa shape index (κ3) is 3.05. The Bertz CT molecular complexity index is 454. The molecule has 2 aliphatic rings. The molecular formula is C17H25NO2. The molecule has 0 saturated carbocycles. The zero-order chi connectivity index (χ0) is 13.9. The summed E-state index contributed by atoms with van der Waals surface area (Å²) in [5, 5.41) is 0. The molecule has 3 rings (SSSR count). The number of aryl methyl sites for hydroxylation is 2. The number of hydrogen-bond acceptors (Lipinski definition) is 3. The number of benzene rings is 1. The first-order valence-corrected chi connectivity index (χ1v) is 7.77. The normalized spacial score (nSPS) is 25.2. The monoisotopic (exact) mass is 275 g/mol. The van der Waals surface area contributed by atoms with Crippen molar-refractivity contribution in [1.82, 2.24) is 4.90 Å². The van der Waals surface area contributed by atoms with Gasteiger partial charge in [0.15, 0.2) is 6.29 Å². The van der Waals surface area contributed by atoms with Gasteiger partial charge in [-0.2, -0.15) is 0 Å². The van der Waals surface area contributed by atoms with Crippen molar-refractivity contribution in [1.29, 1.82) is 0 Å². The average molecular weight is 275 g/mol. The molecule has 1 atom stereocenters. The molecule has 3 heteroatoms. The van der Waals surface area contributed by atoms with E-state index in [9.17, 15) is 0 Å². The summed E-state index contributed by atoms with van der Waals surface area (Å²) in [6.45, 7) is 8.04. The van der Waals surface area contributed by atoms with Crippen LogP contribution in [0.1, 0.15) is 36.0 Å². The topological polar surface area (TPSA) is 21.7 Å². The van der Waals surface area contributed by atoms with Crippen LogP contribution in [0.4, 0.5) is 0 Å². The summed E-state index contributed by atoms with van der Waals surface area (Å²) >= 11 is 0. The second-order valence-corrected chi connectivity index (χ2v) is 6.07. The Balaban J connectivity index is 1.74. The van der Waals surface area contributed by atoms with E-state index in [1.54, 1.807) is 0 Å². The van der Waals surface area contributed by atoms with E-state index < -0.39 is 0 Å². The Labute approximate surface area is 121 Å². The van der Waals surface area contributed by atoms with Crippen LogP contribution in [-0.2, 0) is 16.0 Å². The molecule has 3 nitrogen and oxygen atoms in total. The first-order chi connectivity index (χ1) is 9.74. The molecule has 0 radical (unpaired) electrons. The summed E-state index contributed by atoms with van der Waals surface area (Å²) in [7, 11) is 0. The van der Waals surface area contributed by atoms with E-state index in [4.69, 9.17) is 9.47 Å². The van der Waals surface area contributed by atoms with Crippen LogP contribution >= 0.6 is 0 Å². The summed E-state index contributed by atoms with van der Waals surface area (Å²) in [6.07, 6.45) is 3.75. The second kappa shape index (κ2) is 6.25. The molecule has 0 spiro atoms. The smallest absolute Gasteiger partial charge is 0.173 e. The lowest BCUT2D eigenvalue weighted by Gasteiger charge is -2.38. The van der Waals surface area contributed by atoms with Gasteiger partial charge in [-0.05, 0) is 44.4 Å². The number of piperidine rings is 1. The fraction of sp³-hybridized carbons (Fsp3) is 0.647. The van der Waals surface area contributed by atoms with Crippen molar-refractivity contribution in [2.75, 3.05) is 19.8 Å². The van der Waals surface area contributed by atoms with Crippen LogP contribution in [0.15, 0.2) is 18.2 Å². The molecule has 0 bridgehead atoms. The van der Waals surface area contributed by atoms with Gasteiger partial charge in [0.1, 0.15) is 0 Å². The van der Waals surface area contributed by atoms with Crippen molar-refractivity contribution >= 4 is 0 Å². The molecular weight excluding hydrogens is 250 g/mol. The average Bonchev–Trinajstić information content (AvgIpc) is 2.97. The molecule has 1 unspecified atom stereocenters. The van der Waals surface area contributed by atoms with E-state index in [0.29, 0.717) is 6.04 Å². The zero-order valence-electron chi connectivity index (χ0n) is 12.6. The summed E-state index contributed by atoms with van der Waals surface area (Å²) in [5.41, 5.74) is 4.16. The fourth-order valence-corrected chi connectivity index (χ4v) is 3.31. The molecule has 2 heterocycles. The highest BCUT2D eigenvalue weighted by molar-refractivity contribution is 5.30. The minimum atomic E-state index is -0.0135. The first kappa shape index (κ1) is 14.1. The Hall–Kier alpha value is -0.900. The van der Waals surface area contributed by atoms with Gasteiger partial charge in [-0.15, -0.1) is 0 Å². The standard InChI is InChI=1S/C17H25NO2/c1-13-6-7-14(2)15(11-13)12-18-8-4-3-5-16(18)17-19-9-10-20-17/h6-7,11,16-17H,3-5,8-10,12H2,1-2H3. The van der Waals surface area contributed by atoms with E-state index in [-0.39, 0.29) is 6.29 Å². The van der Waals surface area contributed by atoms with Gasteiger partial charge in [-0.25, -0.2) is 0 Å². The molecule has 110 valence electrons. The Morgan fingerprint density at radius 1 is 1.15 bits per heavy atom. The maximum Gasteiger partial charge on any atom is 0.173 e. The van der Waals surface area contributed by atoms with Gasteiger partial charge in [-0.1, -0.05) is 30.2 Å². The van der Waals surface area contributed by atoms with Crippen molar-refractivity contribution in [2.45, 2.75) is 52.0 Å². The van der Waals surface area contributed by atoms with Gasteiger partial charge in [0.05, 0.1) is 19.3 Å². The SMILES string of the molecule is Cc1ccc(C)c(CN2CCCCC2C2OCCO2)c1. The lowest BCUT2D eigenvalue weighted by atomic mass is 9.99. The van der Waals surface area contributed by atoms with E-state index in [1.807, 2.05) is 0 Å². The maximum absolute atomic E-state index is 5.75. The Morgan fingerprint density at radius 3 is 2.75 bits per heavy atom. The van der Waals surface area contributed by atoms with Crippen LogP contribution in [0.5, 0.6) is 0 Å². The summed E-state index contributed by atoms with van der Waals surface area (Å²) in [4.78, 5) is 2.56. The van der Waals surface area contributed by atoms with Gasteiger partial charge < -0.3 is 9.47 Å². The van der Waals surface area contributed by atoms with Crippen LogP contribution in [0, 0.1) is 13.8 Å². The second-order valence-electron chi connectivity index (χ2n) is 6.07. The van der Waals surface area contributed by atoms with Gasteiger partial charge in [0, 0.05) is 6.54 Å². The lowest BCUT2D eigenvalue weighted by Crippen LogP contribution is -2.46. The highest BCUT2D eigenvalue weighted by Crippen LogP contribution is 2.26. The molecule has 1 aromatic carbocycles. The van der Waals surface area contributed by atoms with Gasteiger partial charge in [-0.3, -0.25) is 4.90 Å². The number of ether oxygens (including phenoxy) is 2. The van der Waals surface area contributed by atoms with Crippen LogP contribution in [0.2, 0.25) is 0 Å². The Morgan fingerprint density at radius 2 is 1.95 bits per heavy atom. The van der Waals surface area contributed by atoms with E-state index in [0.717, 1.165) is 26.3 Å². The summed E-state index contributed by atoms with van der Waals surface area (Å²) in [5.74, 6) is 0. The number of rotatable bonds is 3. The highest BCUT2D eigenvalue weighted by atomic mass is 16.7. The quantitative estimate of drug-likeness (QED) is 0.846. The zero-order valence-corrected chi connectivity index (χ0v) is 12.6. The van der Waals surface area contributed by atoms with Crippen LogP contribution in [0.3, 0.4) is 0 Å². The molecule has 2 aliphatic heterocycles. The first-order valence-electron chi connectivity index (χ1n) is 7.77. The van der Waals surface area contributed by atoms with E-state index >= 15 is 0 Å². The van der Waals surface area contributed by atoms with Crippen molar-refractivity contribution in [3.63, 3.8) is 0 Å². The minimum Gasteiger partial charge on any atom is -0.349 e. The number of likely N-dealkylation sites (tertiary alicyclic amines) is 1. The van der Waals surface area contributed by atoms with Crippen LogP contribution in [-0.4, -0.2) is 37.0 Å². The van der Waals surface area contributed by atoms with E-state index in [1.165, 1.54) is 36.0 Å².